The summed E-state index contributed by atoms with van der Waals surface area (Å²) in [5, 5.41) is 3.97. The lowest BCUT2D eigenvalue weighted by Crippen LogP contribution is -2.46. The summed E-state index contributed by atoms with van der Waals surface area (Å²) in [5.41, 5.74) is 14.8. The number of piperazine rings is 1. The number of aryl methyl sites for hydroxylation is 1. The number of nitrogens with two attached hydrogens (primary N) is 3. The molecule has 0 atom stereocenters. The standard InChI is InChI=1S/C30H41F3N8O/c1-6-21-8-9-22(14-28(21)41(36)18-26(35)24(17-34)20(4)37-5)29(42)38-23-15-25(30(31,32)33)19(3)27(16-23)40-12-10-39(7-2)11-13-40/h8-9,14-18H,6-7,10-13,34-36H2,1-5H3,(H,38,42)/b24-17+,26-18-,37-20?. The number of allylic oxidation sites excluding steroid dienone is 1. The number of anilines is 3. The largest absolute Gasteiger partial charge is 0.416 e. The first-order valence-corrected chi connectivity index (χ1v) is 13.8. The second-order valence-electron chi connectivity index (χ2n) is 10.1. The number of rotatable bonds is 9. The number of hydrogen-bond donors (Lipinski definition) is 4. The summed E-state index contributed by atoms with van der Waals surface area (Å²) in [6.07, 6.45) is -1.16. The van der Waals surface area contributed by atoms with E-state index in [1.165, 1.54) is 24.3 Å². The van der Waals surface area contributed by atoms with Crippen LogP contribution in [-0.2, 0) is 12.6 Å². The highest BCUT2D eigenvalue weighted by atomic mass is 19.4. The second kappa shape index (κ2) is 13.8. The summed E-state index contributed by atoms with van der Waals surface area (Å²) in [6.45, 7) is 10.8. The van der Waals surface area contributed by atoms with Gasteiger partial charge in [0.2, 0.25) is 0 Å². The molecule has 0 unspecified atom stereocenters. The van der Waals surface area contributed by atoms with E-state index in [-0.39, 0.29) is 22.5 Å². The minimum absolute atomic E-state index is 0.0627. The SMILES string of the molecule is CCc1ccc(C(=O)Nc2cc(N3CCN(CC)CC3)c(C)c(C(F)(F)F)c2)cc1N(N)/C=C(N)/C(=C/N)C(C)=NC. The third-order valence-corrected chi connectivity index (χ3v) is 7.59. The van der Waals surface area contributed by atoms with E-state index in [1.807, 2.05) is 11.8 Å². The van der Waals surface area contributed by atoms with Crippen molar-refractivity contribution in [3.05, 3.63) is 76.3 Å². The molecule has 0 aliphatic carbocycles. The van der Waals surface area contributed by atoms with Crippen molar-refractivity contribution in [2.45, 2.75) is 40.3 Å². The highest BCUT2D eigenvalue weighted by Gasteiger charge is 2.35. The topological polar surface area (TPSA) is 129 Å². The van der Waals surface area contributed by atoms with Crippen LogP contribution in [0.5, 0.6) is 0 Å². The Morgan fingerprint density at radius 3 is 2.36 bits per heavy atom. The lowest BCUT2D eigenvalue weighted by Gasteiger charge is -2.37. The minimum atomic E-state index is -4.58. The molecule has 1 aliphatic heterocycles. The normalized spacial score (nSPS) is 15.6. The lowest BCUT2D eigenvalue weighted by atomic mass is 10.0. The Morgan fingerprint density at radius 1 is 1.14 bits per heavy atom. The fourth-order valence-corrected chi connectivity index (χ4v) is 4.98. The van der Waals surface area contributed by atoms with E-state index in [2.05, 4.69) is 22.1 Å². The summed E-state index contributed by atoms with van der Waals surface area (Å²) in [6, 6.07) is 7.54. The fourth-order valence-electron chi connectivity index (χ4n) is 4.98. The average Bonchev–Trinajstić information content (AvgIpc) is 2.97. The maximum absolute atomic E-state index is 14.0. The predicted octanol–water partition coefficient (Wildman–Crippen LogP) is 4.38. The molecule has 1 saturated heterocycles. The monoisotopic (exact) mass is 586 g/mol. The summed E-state index contributed by atoms with van der Waals surface area (Å²) >= 11 is 0. The number of benzene rings is 2. The summed E-state index contributed by atoms with van der Waals surface area (Å²) in [4.78, 5) is 21.6. The molecule has 3 rings (SSSR count). The van der Waals surface area contributed by atoms with Gasteiger partial charge in [-0.2, -0.15) is 13.2 Å². The van der Waals surface area contributed by atoms with Crippen LogP contribution < -0.4 is 32.5 Å². The average molecular weight is 587 g/mol. The molecule has 228 valence electrons. The van der Waals surface area contributed by atoms with Gasteiger partial charge in [-0.25, -0.2) is 5.84 Å². The van der Waals surface area contributed by atoms with Gasteiger partial charge in [-0.15, -0.1) is 0 Å². The van der Waals surface area contributed by atoms with E-state index in [4.69, 9.17) is 17.3 Å². The Hall–Kier alpha value is -4.03. The third kappa shape index (κ3) is 7.42. The summed E-state index contributed by atoms with van der Waals surface area (Å²) in [5.74, 6) is 5.77. The Balaban J connectivity index is 1.96. The van der Waals surface area contributed by atoms with Crippen molar-refractivity contribution in [2.75, 3.05) is 55.0 Å². The van der Waals surface area contributed by atoms with Crippen LogP contribution in [0, 0.1) is 6.92 Å². The van der Waals surface area contributed by atoms with Crippen LogP contribution in [0.25, 0.3) is 0 Å². The quantitative estimate of drug-likeness (QED) is 0.149. The van der Waals surface area contributed by atoms with Gasteiger partial charge < -0.3 is 26.6 Å². The van der Waals surface area contributed by atoms with Gasteiger partial charge >= 0.3 is 6.18 Å². The van der Waals surface area contributed by atoms with Crippen molar-refractivity contribution in [1.82, 2.24) is 4.90 Å². The van der Waals surface area contributed by atoms with Gasteiger partial charge in [0.1, 0.15) is 0 Å². The number of amides is 1. The van der Waals surface area contributed by atoms with E-state index < -0.39 is 17.6 Å². The van der Waals surface area contributed by atoms with Gasteiger partial charge in [0.25, 0.3) is 5.91 Å². The molecule has 1 aliphatic rings. The number of halogens is 3. The van der Waals surface area contributed by atoms with Crippen molar-refractivity contribution in [2.24, 2.45) is 22.3 Å². The molecule has 9 nitrogen and oxygen atoms in total. The van der Waals surface area contributed by atoms with Crippen molar-refractivity contribution < 1.29 is 18.0 Å². The number of carbonyl (C=O) groups excluding carboxylic acids is 1. The number of hydrazine groups is 1. The van der Waals surface area contributed by atoms with Gasteiger partial charge in [-0.3, -0.25) is 14.8 Å². The molecule has 0 aromatic heterocycles. The molecule has 0 radical (unpaired) electrons. The van der Waals surface area contributed by atoms with Gasteiger partial charge in [0, 0.05) is 73.8 Å². The Kier molecular flexibility index (Phi) is 10.6. The number of carbonyl (C=O) groups is 1. The second-order valence-corrected chi connectivity index (χ2v) is 10.1. The van der Waals surface area contributed by atoms with Crippen LogP contribution in [0.4, 0.5) is 30.2 Å². The van der Waals surface area contributed by atoms with Crippen LogP contribution in [0.3, 0.4) is 0 Å². The molecule has 0 bridgehead atoms. The molecule has 0 spiro atoms. The van der Waals surface area contributed by atoms with E-state index in [0.717, 1.165) is 31.3 Å². The summed E-state index contributed by atoms with van der Waals surface area (Å²) in [7, 11) is 1.62. The van der Waals surface area contributed by atoms with Crippen LogP contribution in [-0.4, -0.2) is 56.3 Å². The first kappa shape index (κ1) is 32.5. The Morgan fingerprint density at radius 2 is 1.81 bits per heavy atom. The molecule has 1 amide bonds. The van der Waals surface area contributed by atoms with Crippen molar-refractivity contribution in [1.29, 1.82) is 0 Å². The predicted molar refractivity (Wildman–Crippen MR) is 165 cm³/mol. The molecule has 1 heterocycles. The number of likely N-dealkylation sites (N-methyl/N-ethyl adjacent to an activating group) is 1. The van der Waals surface area contributed by atoms with E-state index >= 15 is 0 Å². The highest BCUT2D eigenvalue weighted by Crippen LogP contribution is 2.39. The van der Waals surface area contributed by atoms with Crippen molar-refractivity contribution >= 4 is 28.7 Å². The summed E-state index contributed by atoms with van der Waals surface area (Å²) < 4.78 is 42.1. The van der Waals surface area contributed by atoms with E-state index in [0.29, 0.717) is 42.2 Å². The van der Waals surface area contributed by atoms with Crippen LogP contribution in [0.15, 0.2) is 59.0 Å². The van der Waals surface area contributed by atoms with Gasteiger partial charge in [-0.1, -0.05) is 19.9 Å². The zero-order valence-corrected chi connectivity index (χ0v) is 24.8. The molecule has 12 heteroatoms. The maximum atomic E-state index is 14.0. The fraction of sp³-hybridized carbons (Fsp3) is 0.400. The van der Waals surface area contributed by atoms with E-state index in [1.54, 1.807) is 38.2 Å². The molecule has 2 aromatic rings. The van der Waals surface area contributed by atoms with E-state index in [9.17, 15) is 18.0 Å². The number of nitrogens with zero attached hydrogens (tertiary/aromatic N) is 4. The highest BCUT2D eigenvalue weighted by molar-refractivity contribution is 6.05. The van der Waals surface area contributed by atoms with Crippen molar-refractivity contribution in [3.8, 4) is 0 Å². The van der Waals surface area contributed by atoms with Crippen LogP contribution in [0.1, 0.15) is 47.8 Å². The molecular weight excluding hydrogens is 545 g/mol. The number of nitrogens with one attached hydrogen (secondary N) is 1. The number of alkyl halides is 3. The molecule has 0 saturated carbocycles. The minimum Gasteiger partial charge on any atom is -0.404 e. The van der Waals surface area contributed by atoms with Crippen LogP contribution in [0.2, 0.25) is 0 Å². The maximum Gasteiger partial charge on any atom is 0.416 e. The zero-order valence-electron chi connectivity index (χ0n) is 24.8. The smallest absolute Gasteiger partial charge is 0.404 e. The number of aliphatic imine (C=N–C) groups is 1. The van der Waals surface area contributed by atoms with Crippen LogP contribution >= 0.6 is 0 Å². The first-order valence-electron chi connectivity index (χ1n) is 13.8. The Bertz CT molecular complexity index is 1380. The van der Waals surface area contributed by atoms with Gasteiger partial charge in [0.05, 0.1) is 16.9 Å². The van der Waals surface area contributed by atoms with Crippen molar-refractivity contribution in [3.63, 3.8) is 0 Å². The first-order chi connectivity index (χ1) is 19.8. The molecule has 1 fully saturated rings. The van der Waals surface area contributed by atoms with Gasteiger partial charge in [-0.05, 0) is 62.2 Å². The Labute approximate surface area is 245 Å². The zero-order chi connectivity index (χ0) is 31.2. The molecule has 42 heavy (non-hydrogen) atoms. The third-order valence-electron chi connectivity index (χ3n) is 7.59. The molecule has 7 N–H and O–H groups in total. The van der Waals surface area contributed by atoms with Gasteiger partial charge in [0.15, 0.2) is 0 Å². The molecule has 2 aromatic carbocycles. The lowest BCUT2D eigenvalue weighted by molar-refractivity contribution is -0.138. The number of hydrogen-bond acceptors (Lipinski definition) is 8. The molecular formula is C30H41F3N8O.